The van der Waals surface area contributed by atoms with Crippen LogP contribution in [0.2, 0.25) is 0 Å². The Morgan fingerprint density at radius 3 is 2.69 bits per heavy atom. The van der Waals surface area contributed by atoms with Crippen molar-refractivity contribution in [3.05, 3.63) is 0 Å². The van der Waals surface area contributed by atoms with Gasteiger partial charge >= 0.3 is 0 Å². The molecule has 0 aromatic carbocycles. The smallest absolute Gasteiger partial charge is 0.150 e. The predicted octanol–water partition coefficient (Wildman–Crippen LogP) is 1.81. The van der Waals surface area contributed by atoms with Gasteiger partial charge in [0, 0.05) is 11.8 Å². The van der Waals surface area contributed by atoms with Crippen molar-refractivity contribution in [1.82, 2.24) is 0 Å². The second-order valence-corrected chi connectivity index (χ2v) is 7.21. The Kier molecular flexibility index (Phi) is 4.73. The van der Waals surface area contributed by atoms with E-state index in [1.54, 1.807) is 0 Å². The molecule has 0 aromatic rings. The van der Waals surface area contributed by atoms with E-state index in [9.17, 15) is 12.8 Å². The minimum Gasteiger partial charge on any atom is -0.328 e. The molecule has 0 aromatic heterocycles. The quantitative estimate of drug-likeness (QED) is 0.810. The maximum Gasteiger partial charge on any atom is 0.150 e. The molecule has 2 atom stereocenters. The van der Waals surface area contributed by atoms with Crippen LogP contribution >= 0.6 is 0 Å². The van der Waals surface area contributed by atoms with Crippen molar-refractivity contribution < 1.29 is 12.8 Å². The molecular formula is C11H22FNO2S. The highest BCUT2D eigenvalue weighted by Crippen LogP contribution is 2.34. The first kappa shape index (κ1) is 13.9. The molecule has 96 valence electrons. The van der Waals surface area contributed by atoms with Crippen LogP contribution in [-0.2, 0) is 9.84 Å². The first-order valence-electron chi connectivity index (χ1n) is 6.02. The van der Waals surface area contributed by atoms with Gasteiger partial charge in [-0.2, -0.15) is 0 Å². The van der Waals surface area contributed by atoms with Crippen molar-refractivity contribution in [3.63, 3.8) is 0 Å². The topological polar surface area (TPSA) is 60.2 Å². The molecule has 1 fully saturated rings. The van der Waals surface area contributed by atoms with Gasteiger partial charge < -0.3 is 5.73 Å². The van der Waals surface area contributed by atoms with Crippen LogP contribution in [0.25, 0.3) is 0 Å². The Labute approximate surface area is 97.5 Å². The summed E-state index contributed by atoms with van der Waals surface area (Å²) in [6.45, 7) is 1.82. The fraction of sp³-hybridized carbons (Fsp3) is 1.00. The van der Waals surface area contributed by atoms with Gasteiger partial charge in [-0.05, 0) is 38.5 Å². The van der Waals surface area contributed by atoms with Crippen molar-refractivity contribution >= 4 is 9.84 Å². The van der Waals surface area contributed by atoms with Crippen molar-refractivity contribution in [2.75, 3.05) is 11.5 Å². The second kappa shape index (κ2) is 5.45. The van der Waals surface area contributed by atoms with Crippen LogP contribution in [0.4, 0.5) is 4.39 Å². The summed E-state index contributed by atoms with van der Waals surface area (Å²) in [6.07, 6.45) is 3.11. The van der Waals surface area contributed by atoms with Gasteiger partial charge in [0.2, 0.25) is 0 Å². The van der Waals surface area contributed by atoms with Crippen molar-refractivity contribution in [2.45, 2.75) is 57.2 Å². The molecule has 1 rings (SSSR count). The highest BCUT2D eigenvalue weighted by Gasteiger charge is 2.35. The van der Waals surface area contributed by atoms with Gasteiger partial charge in [0.1, 0.15) is 15.5 Å². The summed E-state index contributed by atoms with van der Waals surface area (Å²) in [4.78, 5) is 0. The molecule has 0 aliphatic heterocycles. The fourth-order valence-electron chi connectivity index (χ4n) is 2.33. The molecule has 5 heteroatoms. The van der Waals surface area contributed by atoms with E-state index >= 15 is 0 Å². The van der Waals surface area contributed by atoms with Crippen LogP contribution in [0.5, 0.6) is 0 Å². The van der Waals surface area contributed by atoms with Crippen molar-refractivity contribution in [1.29, 1.82) is 0 Å². The maximum absolute atomic E-state index is 14.2. The molecule has 0 bridgehead atoms. The summed E-state index contributed by atoms with van der Waals surface area (Å²) >= 11 is 0. The van der Waals surface area contributed by atoms with Crippen molar-refractivity contribution in [3.8, 4) is 0 Å². The Balaban J connectivity index is 2.47. The lowest BCUT2D eigenvalue weighted by molar-refractivity contribution is 0.0926. The van der Waals surface area contributed by atoms with Crippen LogP contribution < -0.4 is 5.73 Å². The number of nitrogens with two attached hydrogens (primary N) is 1. The highest BCUT2D eigenvalue weighted by atomic mass is 32.2. The molecule has 1 aliphatic rings. The third-order valence-corrected chi connectivity index (χ3v) is 5.06. The fourth-order valence-corrected chi connectivity index (χ4v) is 3.84. The Morgan fingerprint density at radius 2 is 2.12 bits per heavy atom. The minimum atomic E-state index is -3.07. The predicted molar refractivity (Wildman–Crippen MR) is 63.8 cm³/mol. The van der Waals surface area contributed by atoms with E-state index in [0.717, 1.165) is 12.8 Å². The number of rotatable bonds is 5. The van der Waals surface area contributed by atoms with E-state index in [0.29, 0.717) is 19.3 Å². The molecular weight excluding hydrogens is 229 g/mol. The normalized spacial score (nSPS) is 31.6. The molecule has 3 nitrogen and oxygen atoms in total. The summed E-state index contributed by atoms with van der Waals surface area (Å²) in [5.74, 6) is 0.124. The van der Waals surface area contributed by atoms with Crippen molar-refractivity contribution in [2.24, 2.45) is 5.73 Å². The number of halogens is 1. The molecule has 16 heavy (non-hydrogen) atoms. The lowest BCUT2D eigenvalue weighted by atomic mass is 9.82. The molecule has 1 aliphatic carbocycles. The lowest BCUT2D eigenvalue weighted by Gasteiger charge is -2.33. The highest BCUT2D eigenvalue weighted by molar-refractivity contribution is 7.91. The van der Waals surface area contributed by atoms with Crippen LogP contribution in [0.15, 0.2) is 0 Å². The van der Waals surface area contributed by atoms with E-state index in [1.807, 2.05) is 6.92 Å². The first-order valence-corrected chi connectivity index (χ1v) is 7.84. The SMILES string of the molecule is CCCS(=O)(=O)CCC1(F)CCCC(N)C1. The average Bonchev–Trinajstić information content (AvgIpc) is 2.15. The third-order valence-electron chi connectivity index (χ3n) is 3.20. The zero-order valence-electron chi connectivity index (χ0n) is 9.91. The van der Waals surface area contributed by atoms with Crippen LogP contribution in [0.1, 0.15) is 45.4 Å². The Morgan fingerprint density at radius 1 is 1.44 bits per heavy atom. The molecule has 1 saturated carbocycles. The van der Waals surface area contributed by atoms with Crippen LogP contribution in [0.3, 0.4) is 0 Å². The first-order chi connectivity index (χ1) is 7.37. The molecule has 0 amide bonds. The number of alkyl halides is 1. The van der Waals surface area contributed by atoms with Gasteiger partial charge in [0.05, 0.1) is 5.75 Å². The second-order valence-electron chi connectivity index (χ2n) is 4.91. The van der Waals surface area contributed by atoms with Gasteiger partial charge in [-0.3, -0.25) is 0 Å². The molecule has 0 heterocycles. The number of hydrogen-bond donors (Lipinski definition) is 1. The number of hydrogen-bond acceptors (Lipinski definition) is 3. The van der Waals surface area contributed by atoms with Crippen LogP contribution in [-0.4, -0.2) is 31.6 Å². The van der Waals surface area contributed by atoms with Gasteiger partial charge in [0.25, 0.3) is 0 Å². The monoisotopic (exact) mass is 251 g/mol. The standard InChI is InChI=1S/C11H22FNO2S/c1-2-7-16(14,15)8-6-11(12)5-3-4-10(13)9-11/h10H,2-9,13H2,1H3. The van der Waals surface area contributed by atoms with E-state index in [4.69, 9.17) is 5.73 Å². The molecule has 0 radical (unpaired) electrons. The minimum absolute atomic E-state index is 0.0376. The molecule has 0 spiro atoms. The van der Waals surface area contributed by atoms with E-state index in [-0.39, 0.29) is 24.0 Å². The summed E-state index contributed by atoms with van der Waals surface area (Å²) in [5.41, 5.74) is 4.37. The largest absolute Gasteiger partial charge is 0.328 e. The van der Waals surface area contributed by atoms with E-state index in [2.05, 4.69) is 0 Å². The van der Waals surface area contributed by atoms with Gasteiger partial charge in [-0.25, -0.2) is 12.8 Å². The zero-order chi connectivity index (χ0) is 12.2. The Hall–Kier alpha value is -0.160. The average molecular weight is 251 g/mol. The third kappa shape index (κ3) is 4.37. The Bertz CT molecular complexity index is 318. The van der Waals surface area contributed by atoms with E-state index in [1.165, 1.54) is 0 Å². The van der Waals surface area contributed by atoms with Gasteiger partial charge in [-0.15, -0.1) is 0 Å². The summed E-state index contributed by atoms with van der Waals surface area (Å²) < 4.78 is 37.2. The van der Waals surface area contributed by atoms with Gasteiger partial charge in [-0.1, -0.05) is 6.92 Å². The molecule has 0 saturated heterocycles. The van der Waals surface area contributed by atoms with Gasteiger partial charge in [0.15, 0.2) is 0 Å². The molecule has 2 N–H and O–H groups in total. The lowest BCUT2D eigenvalue weighted by Crippen LogP contribution is -2.39. The zero-order valence-corrected chi connectivity index (χ0v) is 10.7. The number of sulfone groups is 1. The van der Waals surface area contributed by atoms with E-state index < -0.39 is 15.5 Å². The summed E-state index contributed by atoms with van der Waals surface area (Å²) in [5, 5.41) is 0. The summed E-state index contributed by atoms with van der Waals surface area (Å²) in [6, 6.07) is -0.104. The summed E-state index contributed by atoms with van der Waals surface area (Å²) in [7, 11) is -3.07. The molecule has 2 unspecified atom stereocenters. The van der Waals surface area contributed by atoms with Crippen LogP contribution in [0, 0.1) is 0 Å². The maximum atomic E-state index is 14.2.